The summed E-state index contributed by atoms with van der Waals surface area (Å²) in [6, 6.07) is 9.64. The minimum Gasteiger partial charge on any atom is -0.393 e. The third-order valence-electron chi connectivity index (χ3n) is 4.36. The highest BCUT2D eigenvalue weighted by Gasteiger charge is 2.29. The quantitative estimate of drug-likeness (QED) is 0.914. The number of carbonyl (C=O) groups excluding carboxylic acids is 1. The molecule has 0 spiro atoms. The van der Waals surface area contributed by atoms with Gasteiger partial charge in [0.2, 0.25) is 0 Å². The Morgan fingerprint density at radius 2 is 2.13 bits per heavy atom. The summed E-state index contributed by atoms with van der Waals surface area (Å²) >= 11 is 0. The molecule has 6 heteroatoms. The van der Waals surface area contributed by atoms with E-state index in [0.717, 1.165) is 17.8 Å². The summed E-state index contributed by atoms with van der Waals surface area (Å²) in [4.78, 5) is 14.1. The topological polar surface area (TPSA) is 70.4 Å². The maximum Gasteiger partial charge on any atom is 0.321 e. The Hall–Kier alpha value is -2.34. The number of likely N-dealkylation sites (tertiary alicyclic amines) is 1. The lowest BCUT2D eigenvalue weighted by atomic mass is 10.0. The van der Waals surface area contributed by atoms with Crippen LogP contribution in [0.1, 0.15) is 19.0 Å². The fraction of sp³-hybridized carbons (Fsp3) is 0.412. The molecule has 0 radical (unpaired) electrons. The van der Waals surface area contributed by atoms with Gasteiger partial charge in [0.25, 0.3) is 0 Å². The van der Waals surface area contributed by atoms with E-state index in [1.54, 1.807) is 16.5 Å². The predicted molar refractivity (Wildman–Crippen MR) is 88.7 cm³/mol. The molecule has 23 heavy (non-hydrogen) atoms. The van der Waals surface area contributed by atoms with Crippen LogP contribution in [0.15, 0.2) is 36.5 Å². The average molecular weight is 314 g/mol. The Labute approximate surface area is 135 Å². The van der Waals surface area contributed by atoms with Crippen LogP contribution in [0.4, 0.5) is 10.5 Å². The lowest BCUT2D eigenvalue weighted by Crippen LogP contribution is -2.34. The number of aromatic nitrogens is 2. The maximum absolute atomic E-state index is 12.4. The first-order chi connectivity index (χ1) is 11.0. The van der Waals surface area contributed by atoms with Crippen molar-refractivity contribution in [1.29, 1.82) is 0 Å². The normalized spacial score (nSPS) is 18.9. The van der Waals surface area contributed by atoms with Crippen LogP contribution in [-0.2, 0) is 0 Å². The number of aryl methyl sites for hydroxylation is 1. The molecule has 1 aliphatic rings. The SMILES string of the molecule is Cc1nn(-c2ccccc2)cc1NC(=O)N1CC[C@H]([C@H](C)O)C1. The van der Waals surface area contributed by atoms with Gasteiger partial charge in [-0.2, -0.15) is 5.10 Å². The number of para-hydroxylation sites is 1. The molecule has 0 unspecified atom stereocenters. The van der Waals surface area contributed by atoms with Crippen LogP contribution in [0.3, 0.4) is 0 Å². The Morgan fingerprint density at radius 1 is 1.39 bits per heavy atom. The predicted octanol–water partition coefficient (Wildman–Crippen LogP) is 2.42. The minimum atomic E-state index is -0.379. The van der Waals surface area contributed by atoms with Crippen molar-refractivity contribution in [3.05, 3.63) is 42.2 Å². The largest absolute Gasteiger partial charge is 0.393 e. The van der Waals surface area contributed by atoms with E-state index in [9.17, 15) is 9.90 Å². The number of aliphatic hydroxyl groups is 1. The molecule has 1 aromatic carbocycles. The fourth-order valence-corrected chi connectivity index (χ4v) is 2.86. The van der Waals surface area contributed by atoms with Crippen LogP contribution in [0, 0.1) is 12.8 Å². The number of nitrogens with one attached hydrogen (secondary N) is 1. The molecular weight excluding hydrogens is 292 g/mol. The number of hydrogen-bond acceptors (Lipinski definition) is 3. The monoisotopic (exact) mass is 314 g/mol. The van der Waals surface area contributed by atoms with Gasteiger partial charge < -0.3 is 15.3 Å². The molecular formula is C17H22N4O2. The molecule has 2 aromatic rings. The summed E-state index contributed by atoms with van der Waals surface area (Å²) in [5.41, 5.74) is 2.43. The van der Waals surface area contributed by atoms with Crippen molar-refractivity contribution in [1.82, 2.24) is 14.7 Å². The second-order valence-corrected chi connectivity index (χ2v) is 6.07. The van der Waals surface area contributed by atoms with Gasteiger partial charge in [-0.15, -0.1) is 0 Å². The zero-order chi connectivity index (χ0) is 16.4. The van der Waals surface area contributed by atoms with Crippen LogP contribution >= 0.6 is 0 Å². The molecule has 3 rings (SSSR count). The lowest BCUT2D eigenvalue weighted by Gasteiger charge is -2.18. The number of urea groups is 1. The number of aliphatic hydroxyl groups excluding tert-OH is 1. The van der Waals surface area contributed by atoms with Crippen molar-refractivity contribution in [2.24, 2.45) is 5.92 Å². The molecule has 2 N–H and O–H groups in total. The smallest absolute Gasteiger partial charge is 0.321 e. The number of carbonyl (C=O) groups is 1. The molecule has 0 aliphatic carbocycles. The summed E-state index contributed by atoms with van der Waals surface area (Å²) in [7, 11) is 0. The fourth-order valence-electron chi connectivity index (χ4n) is 2.86. The van der Waals surface area contributed by atoms with Gasteiger partial charge in [0.05, 0.1) is 29.4 Å². The van der Waals surface area contributed by atoms with Crippen molar-refractivity contribution in [2.75, 3.05) is 18.4 Å². The molecule has 1 aliphatic heterocycles. The summed E-state index contributed by atoms with van der Waals surface area (Å²) < 4.78 is 1.76. The second kappa shape index (κ2) is 6.42. The summed E-state index contributed by atoms with van der Waals surface area (Å²) in [5, 5.41) is 17.0. The van der Waals surface area contributed by atoms with Crippen LogP contribution in [-0.4, -0.2) is 45.0 Å². The third kappa shape index (κ3) is 3.37. The Balaban J connectivity index is 1.69. The molecule has 1 aromatic heterocycles. The zero-order valence-electron chi connectivity index (χ0n) is 13.4. The van der Waals surface area contributed by atoms with E-state index in [1.165, 1.54) is 0 Å². The Morgan fingerprint density at radius 3 is 2.78 bits per heavy atom. The van der Waals surface area contributed by atoms with E-state index in [4.69, 9.17) is 0 Å². The van der Waals surface area contributed by atoms with Gasteiger partial charge in [-0.25, -0.2) is 9.48 Å². The highest BCUT2D eigenvalue weighted by atomic mass is 16.3. The van der Waals surface area contributed by atoms with Gasteiger partial charge in [-0.3, -0.25) is 0 Å². The van der Waals surface area contributed by atoms with E-state index in [1.807, 2.05) is 43.5 Å². The number of hydrogen-bond donors (Lipinski definition) is 2. The Bertz CT molecular complexity index is 681. The summed E-state index contributed by atoms with van der Waals surface area (Å²) in [6.07, 6.45) is 2.29. The molecule has 122 valence electrons. The van der Waals surface area contributed by atoms with Crippen LogP contribution in [0.2, 0.25) is 0 Å². The molecule has 2 heterocycles. The lowest BCUT2D eigenvalue weighted by molar-refractivity contribution is 0.130. The van der Waals surface area contributed by atoms with Crippen molar-refractivity contribution >= 4 is 11.7 Å². The first kappa shape index (κ1) is 15.6. The van der Waals surface area contributed by atoms with Crippen molar-refractivity contribution in [2.45, 2.75) is 26.4 Å². The average Bonchev–Trinajstić information content (AvgIpc) is 3.16. The molecule has 1 saturated heterocycles. The van der Waals surface area contributed by atoms with E-state index in [0.29, 0.717) is 18.8 Å². The molecule has 0 bridgehead atoms. The first-order valence-corrected chi connectivity index (χ1v) is 7.90. The minimum absolute atomic E-state index is 0.135. The van der Waals surface area contributed by atoms with Crippen molar-refractivity contribution in [3.8, 4) is 5.69 Å². The van der Waals surface area contributed by atoms with Crippen LogP contribution < -0.4 is 5.32 Å². The second-order valence-electron chi connectivity index (χ2n) is 6.07. The number of nitrogens with zero attached hydrogens (tertiary/aromatic N) is 3. The first-order valence-electron chi connectivity index (χ1n) is 7.90. The third-order valence-corrected chi connectivity index (χ3v) is 4.36. The molecule has 2 atom stereocenters. The summed E-state index contributed by atoms with van der Waals surface area (Å²) in [5.74, 6) is 0.161. The van der Waals surface area contributed by atoms with Crippen molar-refractivity contribution in [3.63, 3.8) is 0 Å². The van der Waals surface area contributed by atoms with E-state index >= 15 is 0 Å². The molecule has 1 fully saturated rings. The van der Waals surface area contributed by atoms with Gasteiger partial charge in [0.15, 0.2) is 0 Å². The van der Waals surface area contributed by atoms with Gasteiger partial charge in [-0.1, -0.05) is 18.2 Å². The van der Waals surface area contributed by atoms with E-state index in [2.05, 4.69) is 10.4 Å². The zero-order valence-corrected chi connectivity index (χ0v) is 13.4. The van der Waals surface area contributed by atoms with Gasteiger partial charge >= 0.3 is 6.03 Å². The highest BCUT2D eigenvalue weighted by molar-refractivity contribution is 5.90. The standard InChI is InChI=1S/C17H22N4O2/c1-12-16(11-21(19-12)15-6-4-3-5-7-15)18-17(23)20-9-8-14(10-20)13(2)22/h3-7,11,13-14,22H,8-10H2,1-2H3,(H,18,23)/t13-,14-/m0/s1. The molecule has 0 saturated carbocycles. The number of amides is 2. The van der Waals surface area contributed by atoms with Crippen LogP contribution in [0.25, 0.3) is 5.69 Å². The molecule has 6 nitrogen and oxygen atoms in total. The molecule has 2 amide bonds. The van der Waals surface area contributed by atoms with Gasteiger partial charge in [0, 0.05) is 19.0 Å². The van der Waals surface area contributed by atoms with E-state index < -0.39 is 0 Å². The van der Waals surface area contributed by atoms with Crippen molar-refractivity contribution < 1.29 is 9.90 Å². The Kier molecular flexibility index (Phi) is 4.34. The van der Waals surface area contributed by atoms with E-state index in [-0.39, 0.29) is 18.1 Å². The maximum atomic E-state index is 12.4. The highest BCUT2D eigenvalue weighted by Crippen LogP contribution is 2.22. The van der Waals surface area contributed by atoms with Gasteiger partial charge in [0.1, 0.15) is 0 Å². The number of benzene rings is 1. The van der Waals surface area contributed by atoms with Gasteiger partial charge in [-0.05, 0) is 32.4 Å². The summed E-state index contributed by atoms with van der Waals surface area (Å²) in [6.45, 7) is 4.92. The number of rotatable bonds is 3. The number of anilines is 1. The van der Waals surface area contributed by atoms with Crippen LogP contribution in [0.5, 0.6) is 0 Å².